The van der Waals surface area contributed by atoms with Gasteiger partial charge in [0.2, 0.25) is 11.8 Å². The van der Waals surface area contributed by atoms with Crippen molar-refractivity contribution in [3.8, 4) is 22.8 Å². The van der Waals surface area contributed by atoms with Gasteiger partial charge in [0, 0.05) is 29.5 Å². The summed E-state index contributed by atoms with van der Waals surface area (Å²) < 4.78 is 17.5. The molecule has 2 heterocycles. The minimum Gasteiger partial charge on any atom is -0.497 e. The highest BCUT2D eigenvalue weighted by Gasteiger charge is 2.45. The Bertz CT molecular complexity index is 1480. The van der Waals surface area contributed by atoms with Gasteiger partial charge in [-0.15, -0.1) is 0 Å². The van der Waals surface area contributed by atoms with Crippen LogP contribution in [0.25, 0.3) is 22.2 Å². The summed E-state index contributed by atoms with van der Waals surface area (Å²) in [6, 6.07) is 15.4. The first-order valence-corrected chi connectivity index (χ1v) is 14.8. The number of fused-ring (bicyclic) bond motifs is 1. The third-order valence-corrected chi connectivity index (χ3v) is 8.17. The van der Waals surface area contributed by atoms with Gasteiger partial charge in [0.05, 0.1) is 24.9 Å². The highest BCUT2D eigenvalue weighted by atomic mass is 16.6. The Balaban J connectivity index is 1.41. The van der Waals surface area contributed by atoms with Gasteiger partial charge in [0.25, 0.3) is 0 Å². The molecular weight excluding hydrogens is 548 g/mol. The molecule has 5 rings (SSSR count). The molecule has 1 saturated carbocycles. The Morgan fingerprint density at radius 3 is 2.40 bits per heavy atom. The van der Waals surface area contributed by atoms with E-state index in [9.17, 15) is 14.4 Å². The zero-order chi connectivity index (χ0) is 30.7. The molecule has 1 unspecified atom stereocenters. The van der Waals surface area contributed by atoms with Gasteiger partial charge >= 0.3 is 6.09 Å². The summed E-state index contributed by atoms with van der Waals surface area (Å²) in [4.78, 5) is 45.6. The number of primary amides is 1. The number of nitrogens with zero attached hydrogens (tertiary/aromatic N) is 2. The van der Waals surface area contributed by atoms with E-state index in [1.54, 1.807) is 7.11 Å². The number of nitrogens with two attached hydrogens (primary N) is 1. The summed E-state index contributed by atoms with van der Waals surface area (Å²) in [5.41, 5.74) is 7.46. The van der Waals surface area contributed by atoms with Crippen molar-refractivity contribution in [1.29, 1.82) is 0 Å². The second kappa shape index (κ2) is 12.5. The van der Waals surface area contributed by atoms with Crippen molar-refractivity contribution >= 4 is 28.8 Å². The molecule has 228 valence electrons. The number of pyridine rings is 1. The standard InChI is InChI=1S/C33H40N4O6/c1-33(2,3)29(36-32(40)43-21-12-8-9-13-21)31(39)37-19-23(17-27(37)30(34)38)42-28-18-25(20-10-6-5-7-11-20)35-26-16-22(41-4)14-15-24(26)28/h5-7,10-11,14-16,18,21,23,27,29H,8-9,12-13,17,19H2,1-4H3,(H2,34,38)(H,36,40)/t23?,27-,29+/m0/s1. The molecule has 2 aliphatic rings. The van der Waals surface area contributed by atoms with Gasteiger partial charge in [0.15, 0.2) is 0 Å². The van der Waals surface area contributed by atoms with Crippen LogP contribution in [0.2, 0.25) is 0 Å². The van der Waals surface area contributed by atoms with E-state index >= 15 is 0 Å². The van der Waals surface area contributed by atoms with Gasteiger partial charge in [-0.2, -0.15) is 0 Å². The van der Waals surface area contributed by atoms with E-state index in [-0.39, 0.29) is 19.1 Å². The number of methoxy groups -OCH3 is 1. The highest BCUT2D eigenvalue weighted by molar-refractivity contribution is 5.92. The SMILES string of the molecule is COc1ccc2c(OC3C[C@@H](C(N)=O)N(C(=O)[C@@H](NC(=O)OC4CCCC4)C(C)(C)C)C3)cc(-c3ccccc3)nc2c1. The van der Waals surface area contributed by atoms with Crippen molar-refractivity contribution in [3.05, 3.63) is 54.6 Å². The molecule has 3 atom stereocenters. The van der Waals surface area contributed by atoms with E-state index in [0.29, 0.717) is 22.7 Å². The lowest BCUT2D eigenvalue weighted by atomic mass is 9.85. The van der Waals surface area contributed by atoms with Crippen LogP contribution in [0.1, 0.15) is 52.9 Å². The number of hydrogen-bond donors (Lipinski definition) is 2. The average Bonchev–Trinajstić information content (AvgIpc) is 3.65. The molecule has 10 heteroatoms. The first-order chi connectivity index (χ1) is 20.5. The van der Waals surface area contributed by atoms with Gasteiger partial charge in [-0.1, -0.05) is 51.1 Å². The number of hydrogen-bond acceptors (Lipinski definition) is 7. The molecule has 1 aliphatic carbocycles. The van der Waals surface area contributed by atoms with Crippen molar-refractivity contribution in [2.24, 2.45) is 11.1 Å². The van der Waals surface area contributed by atoms with Crippen LogP contribution in [-0.2, 0) is 14.3 Å². The fourth-order valence-electron chi connectivity index (χ4n) is 5.86. The number of carbonyl (C=O) groups is 3. The second-order valence-corrected chi connectivity index (χ2v) is 12.4. The molecule has 2 aromatic carbocycles. The minimum atomic E-state index is -0.930. The van der Waals surface area contributed by atoms with E-state index in [1.807, 2.05) is 75.4 Å². The van der Waals surface area contributed by atoms with Crippen LogP contribution < -0.4 is 20.5 Å². The Labute approximate surface area is 251 Å². The number of alkyl carbamates (subject to hydrolysis) is 1. The van der Waals surface area contributed by atoms with Crippen LogP contribution in [0, 0.1) is 5.41 Å². The number of aromatic nitrogens is 1. The zero-order valence-electron chi connectivity index (χ0n) is 25.2. The number of ether oxygens (including phenoxy) is 3. The van der Waals surface area contributed by atoms with Crippen molar-refractivity contribution in [2.75, 3.05) is 13.7 Å². The average molecular weight is 589 g/mol. The Kier molecular flexibility index (Phi) is 8.75. The maximum absolute atomic E-state index is 14.0. The molecule has 3 N–H and O–H groups in total. The lowest BCUT2D eigenvalue weighted by Crippen LogP contribution is -2.57. The zero-order valence-corrected chi connectivity index (χ0v) is 25.2. The fourth-order valence-corrected chi connectivity index (χ4v) is 5.86. The molecule has 1 aliphatic heterocycles. The third kappa shape index (κ3) is 6.84. The topological polar surface area (TPSA) is 133 Å². The molecule has 2 fully saturated rings. The van der Waals surface area contributed by atoms with Crippen molar-refractivity contribution in [3.63, 3.8) is 0 Å². The number of carbonyl (C=O) groups excluding carboxylic acids is 3. The normalized spacial score (nSPS) is 19.7. The fraction of sp³-hybridized carbons (Fsp3) is 0.455. The lowest BCUT2D eigenvalue weighted by molar-refractivity contribution is -0.141. The summed E-state index contributed by atoms with van der Waals surface area (Å²) in [6.45, 7) is 5.70. The van der Waals surface area contributed by atoms with Crippen LogP contribution in [0.5, 0.6) is 11.5 Å². The van der Waals surface area contributed by atoms with E-state index in [2.05, 4.69) is 5.32 Å². The molecule has 0 spiro atoms. The van der Waals surface area contributed by atoms with Gasteiger partial charge in [0.1, 0.15) is 35.8 Å². The maximum Gasteiger partial charge on any atom is 0.408 e. The lowest BCUT2D eigenvalue weighted by Gasteiger charge is -2.34. The van der Waals surface area contributed by atoms with E-state index in [4.69, 9.17) is 24.9 Å². The van der Waals surface area contributed by atoms with E-state index < -0.39 is 41.5 Å². The Morgan fingerprint density at radius 2 is 1.74 bits per heavy atom. The van der Waals surface area contributed by atoms with Crippen LogP contribution in [0.4, 0.5) is 4.79 Å². The second-order valence-electron chi connectivity index (χ2n) is 12.4. The van der Waals surface area contributed by atoms with Crippen molar-refractivity contribution < 1.29 is 28.6 Å². The number of rotatable bonds is 8. The molecular formula is C33H40N4O6. The van der Waals surface area contributed by atoms with Gasteiger partial charge in [-0.3, -0.25) is 9.59 Å². The molecule has 43 heavy (non-hydrogen) atoms. The van der Waals surface area contributed by atoms with Crippen LogP contribution in [-0.4, -0.2) is 65.7 Å². The first-order valence-electron chi connectivity index (χ1n) is 14.8. The number of likely N-dealkylation sites (tertiary alicyclic amines) is 1. The number of benzene rings is 2. The maximum atomic E-state index is 14.0. The summed E-state index contributed by atoms with van der Waals surface area (Å²) >= 11 is 0. The first kappa shape index (κ1) is 30.1. The summed E-state index contributed by atoms with van der Waals surface area (Å²) in [5, 5.41) is 3.55. The van der Waals surface area contributed by atoms with Gasteiger partial charge < -0.3 is 30.2 Å². The molecule has 3 aromatic rings. The Morgan fingerprint density at radius 1 is 1.02 bits per heavy atom. The monoisotopic (exact) mass is 588 g/mol. The molecule has 10 nitrogen and oxygen atoms in total. The third-order valence-electron chi connectivity index (χ3n) is 8.17. The summed E-state index contributed by atoms with van der Waals surface area (Å²) in [7, 11) is 1.60. The molecule has 0 bridgehead atoms. The number of nitrogens with one attached hydrogen (secondary N) is 1. The predicted molar refractivity (Wildman–Crippen MR) is 163 cm³/mol. The van der Waals surface area contributed by atoms with Crippen molar-refractivity contribution in [1.82, 2.24) is 15.2 Å². The van der Waals surface area contributed by atoms with Crippen LogP contribution in [0.15, 0.2) is 54.6 Å². The Hall–Kier alpha value is -4.34. The smallest absolute Gasteiger partial charge is 0.408 e. The molecule has 3 amide bonds. The predicted octanol–water partition coefficient (Wildman–Crippen LogP) is 4.83. The summed E-state index contributed by atoms with van der Waals surface area (Å²) in [6.07, 6.45) is 2.58. The minimum absolute atomic E-state index is 0.124. The van der Waals surface area contributed by atoms with E-state index in [1.165, 1.54) is 4.90 Å². The molecule has 0 radical (unpaired) electrons. The van der Waals surface area contributed by atoms with Gasteiger partial charge in [-0.05, 0) is 43.2 Å². The van der Waals surface area contributed by atoms with Crippen LogP contribution in [0.3, 0.4) is 0 Å². The molecule has 1 aromatic heterocycles. The molecule has 1 saturated heterocycles. The number of amides is 3. The van der Waals surface area contributed by atoms with E-state index in [0.717, 1.165) is 36.6 Å². The quantitative estimate of drug-likeness (QED) is 0.385. The van der Waals surface area contributed by atoms with Crippen LogP contribution >= 0.6 is 0 Å². The largest absolute Gasteiger partial charge is 0.497 e. The van der Waals surface area contributed by atoms with Crippen molar-refractivity contribution in [2.45, 2.75) is 77.2 Å². The highest BCUT2D eigenvalue weighted by Crippen LogP contribution is 2.35. The summed E-state index contributed by atoms with van der Waals surface area (Å²) in [5.74, 6) is 0.199. The van der Waals surface area contributed by atoms with Gasteiger partial charge in [-0.25, -0.2) is 9.78 Å².